The van der Waals surface area contributed by atoms with Crippen LogP contribution in [0.15, 0.2) is 29.3 Å². The zero-order valence-electron chi connectivity index (χ0n) is 17.1. The predicted molar refractivity (Wildman–Crippen MR) is 112 cm³/mol. The summed E-state index contributed by atoms with van der Waals surface area (Å²) >= 11 is 0. The van der Waals surface area contributed by atoms with Crippen molar-refractivity contribution >= 4 is 11.9 Å². The maximum Gasteiger partial charge on any atom is 0.251 e. The Kier molecular flexibility index (Phi) is 7.68. The predicted octanol–water partition coefficient (Wildman–Crippen LogP) is 0.818. The van der Waals surface area contributed by atoms with Crippen LogP contribution in [-0.4, -0.2) is 88.2 Å². The van der Waals surface area contributed by atoms with Crippen LogP contribution >= 0.6 is 0 Å². The molecule has 2 aliphatic rings. The molecule has 2 N–H and O–H groups in total. The van der Waals surface area contributed by atoms with Gasteiger partial charge in [-0.3, -0.25) is 14.7 Å². The lowest BCUT2D eigenvalue weighted by atomic mass is 10.1. The number of guanidine groups is 1. The van der Waals surface area contributed by atoms with Gasteiger partial charge in [-0.1, -0.05) is 12.1 Å². The standard InChI is InChI=1S/C21H33N5O2/c1-22-20(27)19-5-3-4-17(14-19)6-8-24-21(23-2)26-9-7-18(16-26)15-25-10-12-28-13-11-25/h3-5,14,18H,6-13,15-16H2,1-2H3,(H,22,27)(H,23,24). The van der Waals surface area contributed by atoms with Crippen LogP contribution in [0.25, 0.3) is 0 Å². The molecule has 0 aromatic heterocycles. The Morgan fingerprint density at radius 2 is 2.11 bits per heavy atom. The third-order valence-electron chi connectivity index (χ3n) is 5.53. The van der Waals surface area contributed by atoms with Crippen LogP contribution in [0, 0.1) is 5.92 Å². The summed E-state index contributed by atoms with van der Waals surface area (Å²) in [6, 6.07) is 7.79. The van der Waals surface area contributed by atoms with Crippen molar-refractivity contribution in [3.8, 4) is 0 Å². The molecule has 2 heterocycles. The number of carbonyl (C=O) groups excluding carboxylic acids is 1. The molecule has 7 nitrogen and oxygen atoms in total. The van der Waals surface area contributed by atoms with Gasteiger partial charge in [0.1, 0.15) is 0 Å². The van der Waals surface area contributed by atoms with Gasteiger partial charge < -0.3 is 20.3 Å². The molecule has 2 fully saturated rings. The van der Waals surface area contributed by atoms with E-state index < -0.39 is 0 Å². The highest BCUT2D eigenvalue weighted by Crippen LogP contribution is 2.18. The molecule has 1 atom stereocenters. The number of rotatable bonds is 6. The van der Waals surface area contributed by atoms with Gasteiger partial charge in [0, 0.05) is 58.9 Å². The van der Waals surface area contributed by atoms with Gasteiger partial charge in [0.15, 0.2) is 5.96 Å². The van der Waals surface area contributed by atoms with Gasteiger partial charge in [0.05, 0.1) is 13.2 Å². The molecule has 2 aliphatic heterocycles. The molecule has 1 amide bonds. The van der Waals surface area contributed by atoms with E-state index in [4.69, 9.17) is 4.74 Å². The number of benzene rings is 1. The van der Waals surface area contributed by atoms with E-state index in [9.17, 15) is 4.79 Å². The van der Waals surface area contributed by atoms with Crippen molar-refractivity contribution in [2.24, 2.45) is 10.9 Å². The van der Waals surface area contributed by atoms with Gasteiger partial charge in [-0.25, -0.2) is 0 Å². The second kappa shape index (κ2) is 10.4. The van der Waals surface area contributed by atoms with Crippen LogP contribution in [-0.2, 0) is 11.2 Å². The first-order valence-electron chi connectivity index (χ1n) is 10.3. The molecular weight excluding hydrogens is 354 g/mol. The zero-order valence-corrected chi connectivity index (χ0v) is 17.1. The van der Waals surface area contributed by atoms with E-state index in [1.165, 1.54) is 6.42 Å². The lowest BCUT2D eigenvalue weighted by Gasteiger charge is -2.29. The molecule has 3 rings (SSSR count). The highest BCUT2D eigenvalue weighted by molar-refractivity contribution is 5.94. The number of likely N-dealkylation sites (tertiary alicyclic amines) is 1. The topological polar surface area (TPSA) is 69.2 Å². The summed E-state index contributed by atoms with van der Waals surface area (Å²) in [4.78, 5) is 21.1. The first-order chi connectivity index (χ1) is 13.7. The van der Waals surface area contributed by atoms with Gasteiger partial charge >= 0.3 is 0 Å². The van der Waals surface area contributed by atoms with Crippen LogP contribution in [0.3, 0.4) is 0 Å². The molecule has 1 aromatic rings. The van der Waals surface area contributed by atoms with Crippen LogP contribution < -0.4 is 10.6 Å². The summed E-state index contributed by atoms with van der Waals surface area (Å²) in [5.74, 6) is 1.63. The molecule has 0 spiro atoms. The van der Waals surface area contributed by atoms with Crippen LogP contribution in [0.1, 0.15) is 22.3 Å². The highest BCUT2D eigenvalue weighted by atomic mass is 16.5. The number of carbonyl (C=O) groups is 1. The summed E-state index contributed by atoms with van der Waals surface area (Å²) in [5, 5.41) is 6.16. The third kappa shape index (κ3) is 5.69. The largest absolute Gasteiger partial charge is 0.379 e. The normalized spacial score (nSPS) is 21.0. The summed E-state index contributed by atoms with van der Waals surface area (Å²) in [7, 11) is 3.51. The average molecular weight is 388 g/mol. The fourth-order valence-electron chi connectivity index (χ4n) is 3.99. The Hall–Kier alpha value is -2.12. The zero-order chi connectivity index (χ0) is 19.8. The van der Waals surface area contributed by atoms with Crippen LogP contribution in [0.2, 0.25) is 0 Å². The van der Waals surface area contributed by atoms with Crippen molar-refractivity contribution in [3.63, 3.8) is 0 Å². The van der Waals surface area contributed by atoms with Crippen molar-refractivity contribution in [1.82, 2.24) is 20.4 Å². The Balaban J connectivity index is 1.44. The molecule has 1 unspecified atom stereocenters. The van der Waals surface area contributed by atoms with E-state index in [2.05, 4.69) is 31.5 Å². The van der Waals surface area contributed by atoms with Gasteiger partial charge in [0.25, 0.3) is 5.91 Å². The summed E-state index contributed by atoms with van der Waals surface area (Å²) in [6.45, 7) is 7.90. The molecule has 0 bridgehead atoms. The Morgan fingerprint density at radius 3 is 2.86 bits per heavy atom. The molecule has 2 saturated heterocycles. The third-order valence-corrected chi connectivity index (χ3v) is 5.53. The van der Waals surface area contributed by atoms with E-state index in [0.29, 0.717) is 11.5 Å². The first-order valence-corrected chi connectivity index (χ1v) is 10.3. The molecule has 7 heteroatoms. The van der Waals surface area contributed by atoms with Crippen molar-refractivity contribution in [3.05, 3.63) is 35.4 Å². The molecule has 154 valence electrons. The minimum Gasteiger partial charge on any atom is -0.379 e. The second-order valence-electron chi connectivity index (χ2n) is 7.52. The summed E-state index contributed by atoms with van der Waals surface area (Å²) in [6.07, 6.45) is 2.07. The number of aliphatic imine (C=N–C) groups is 1. The van der Waals surface area contributed by atoms with E-state index in [0.717, 1.165) is 70.4 Å². The van der Waals surface area contributed by atoms with Crippen LogP contribution in [0.4, 0.5) is 0 Å². The quantitative estimate of drug-likeness (QED) is 0.559. The number of amides is 1. The summed E-state index contributed by atoms with van der Waals surface area (Å²) in [5.41, 5.74) is 1.85. The molecule has 1 aromatic carbocycles. The van der Waals surface area contributed by atoms with Gasteiger partial charge in [-0.05, 0) is 36.5 Å². The van der Waals surface area contributed by atoms with Gasteiger partial charge in [-0.2, -0.15) is 0 Å². The average Bonchev–Trinajstić information content (AvgIpc) is 3.19. The Bertz CT molecular complexity index is 673. The van der Waals surface area contributed by atoms with Gasteiger partial charge in [-0.15, -0.1) is 0 Å². The van der Waals surface area contributed by atoms with E-state index in [1.54, 1.807) is 7.05 Å². The Labute approximate surface area is 168 Å². The fraction of sp³-hybridized carbons (Fsp3) is 0.619. The fourth-order valence-corrected chi connectivity index (χ4v) is 3.99. The first kappa shape index (κ1) is 20.6. The second-order valence-corrected chi connectivity index (χ2v) is 7.52. The number of morpholine rings is 1. The number of hydrogen-bond donors (Lipinski definition) is 2. The minimum atomic E-state index is -0.0472. The monoisotopic (exact) mass is 387 g/mol. The SMILES string of the molecule is CN=C(NCCc1cccc(C(=O)NC)c1)N1CCC(CN2CCOCC2)C1. The lowest BCUT2D eigenvalue weighted by Crippen LogP contribution is -2.42. The number of hydrogen-bond acceptors (Lipinski definition) is 4. The number of ether oxygens (including phenoxy) is 1. The van der Waals surface area contributed by atoms with Crippen molar-refractivity contribution < 1.29 is 9.53 Å². The lowest BCUT2D eigenvalue weighted by molar-refractivity contribution is 0.0315. The van der Waals surface area contributed by atoms with Crippen molar-refractivity contribution in [1.29, 1.82) is 0 Å². The number of nitrogens with zero attached hydrogens (tertiary/aromatic N) is 3. The molecular formula is C21H33N5O2. The van der Waals surface area contributed by atoms with E-state index in [1.807, 2.05) is 25.2 Å². The Morgan fingerprint density at radius 1 is 1.29 bits per heavy atom. The highest BCUT2D eigenvalue weighted by Gasteiger charge is 2.26. The minimum absolute atomic E-state index is 0.0472. The van der Waals surface area contributed by atoms with Crippen molar-refractivity contribution in [2.75, 3.05) is 66.6 Å². The van der Waals surface area contributed by atoms with Gasteiger partial charge in [0.2, 0.25) is 0 Å². The number of nitrogens with one attached hydrogen (secondary N) is 2. The van der Waals surface area contributed by atoms with E-state index in [-0.39, 0.29) is 5.91 Å². The molecule has 0 radical (unpaired) electrons. The summed E-state index contributed by atoms with van der Waals surface area (Å²) < 4.78 is 5.45. The molecule has 28 heavy (non-hydrogen) atoms. The molecule has 0 aliphatic carbocycles. The maximum absolute atomic E-state index is 11.8. The van der Waals surface area contributed by atoms with Crippen molar-refractivity contribution in [2.45, 2.75) is 12.8 Å². The van der Waals surface area contributed by atoms with Crippen LogP contribution in [0.5, 0.6) is 0 Å². The van der Waals surface area contributed by atoms with E-state index >= 15 is 0 Å². The smallest absolute Gasteiger partial charge is 0.251 e. The molecule has 0 saturated carbocycles. The maximum atomic E-state index is 11.8.